The normalized spacial score (nSPS) is 23.2. The van der Waals surface area contributed by atoms with Crippen LogP contribution in [0.2, 0.25) is 0 Å². The molecule has 6 nitrogen and oxygen atoms in total. The zero-order chi connectivity index (χ0) is 14.3. The number of hydrogen-bond acceptors (Lipinski definition) is 5. The molecule has 0 aromatic rings. The number of methoxy groups -OCH3 is 1. The molecule has 0 aliphatic heterocycles. The highest BCUT2D eigenvalue weighted by atomic mass is 16.5. The molecular formula is C13H25N3O3. The van der Waals surface area contributed by atoms with Gasteiger partial charge < -0.3 is 10.5 Å². The third-order valence-corrected chi connectivity index (χ3v) is 3.82. The van der Waals surface area contributed by atoms with Crippen molar-refractivity contribution in [3.05, 3.63) is 0 Å². The molecule has 1 fully saturated rings. The average molecular weight is 271 g/mol. The van der Waals surface area contributed by atoms with Gasteiger partial charge in [-0.05, 0) is 31.8 Å². The first kappa shape index (κ1) is 15.9. The smallest absolute Gasteiger partial charge is 0.413 e. The Labute approximate surface area is 114 Å². The Morgan fingerprint density at radius 1 is 1.37 bits per heavy atom. The summed E-state index contributed by atoms with van der Waals surface area (Å²) >= 11 is 0. The van der Waals surface area contributed by atoms with E-state index < -0.39 is 6.09 Å². The molecule has 19 heavy (non-hydrogen) atoms. The third-order valence-electron chi connectivity index (χ3n) is 3.82. The van der Waals surface area contributed by atoms with Gasteiger partial charge in [0, 0.05) is 6.04 Å². The summed E-state index contributed by atoms with van der Waals surface area (Å²) in [5.41, 5.74) is 5.82. The molecular weight excluding hydrogens is 246 g/mol. The first-order valence-electron chi connectivity index (χ1n) is 6.94. The van der Waals surface area contributed by atoms with Crippen LogP contribution in [-0.4, -0.2) is 49.7 Å². The zero-order valence-electron chi connectivity index (χ0n) is 11.9. The summed E-state index contributed by atoms with van der Waals surface area (Å²) in [5.74, 6) is 0.120. The van der Waals surface area contributed by atoms with Crippen LogP contribution < -0.4 is 11.1 Å². The summed E-state index contributed by atoms with van der Waals surface area (Å²) in [6.45, 7) is 3.66. The first-order chi connectivity index (χ1) is 9.12. The Balaban J connectivity index is 2.55. The summed E-state index contributed by atoms with van der Waals surface area (Å²) < 4.78 is 4.41. The van der Waals surface area contributed by atoms with Crippen LogP contribution in [0.5, 0.6) is 0 Å². The number of likely N-dealkylation sites (N-methyl/N-ethyl adjacent to an activating group) is 1. The highest BCUT2D eigenvalue weighted by molar-refractivity contribution is 5.92. The van der Waals surface area contributed by atoms with E-state index >= 15 is 0 Å². The van der Waals surface area contributed by atoms with E-state index in [4.69, 9.17) is 5.73 Å². The van der Waals surface area contributed by atoms with E-state index in [-0.39, 0.29) is 12.5 Å². The molecule has 0 radical (unpaired) electrons. The van der Waals surface area contributed by atoms with Gasteiger partial charge in [-0.25, -0.2) is 4.79 Å². The van der Waals surface area contributed by atoms with Gasteiger partial charge in [0.1, 0.15) is 0 Å². The number of carbonyl (C=O) groups excluding carboxylic acids is 2. The number of amides is 2. The Bertz CT molecular complexity index is 310. The summed E-state index contributed by atoms with van der Waals surface area (Å²) in [4.78, 5) is 24.8. The van der Waals surface area contributed by atoms with Crippen molar-refractivity contribution < 1.29 is 14.3 Å². The monoisotopic (exact) mass is 271 g/mol. The zero-order valence-corrected chi connectivity index (χ0v) is 11.9. The minimum absolute atomic E-state index is 0.215. The first-order valence-corrected chi connectivity index (χ1v) is 6.94. The molecule has 1 aliphatic carbocycles. The van der Waals surface area contributed by atoms with Crippen LogP contribution in [0.15, 0.2) is 0 Å². The summed E-state index contributed by atoms with van der Waals surface area (Å²) in [6.07, 6.45) is 3.87. The summed E-state index contributed by atoms with van der Waals surface area (Å²) in [5, 5.41) is 2.19. The second-order valence-corrected chi connectivity index (χ2v) is 4.95. The summed E-state index contributed by atoms with van der Waals surface area (Å²) in [6, 6.07) is 0.340. The molecule has 6 heteroatoms. The Morgan fingerprint density at radius 3 is 2.63 bits per heavy atom. The van der Waals surface area contributed by atoms with Gasteiger partial charge in [-0.15, -0.1) is 0 Å². The van der Waals surface area contributed by atoms with Crippen LogP contribution >= 0.6 is 0 Å². The lowest BCUT2D eigenvalue weighted by Crippen LogP contribution is -2.49. The maximum absolute atomic E-state index is 11.7. The van der Waals surface area contributed by atoms with E-state index in [1.165, 1.54) is 20.0 Å². The lowest BCUT2D eigenvalue weighted by Gasteiger charge is -2.38. The average Bonchev–Trinajstić information content (AvgIpc) is 2.44. The second kappa shape index (κ2) is 8.12. The Hall–Kier alpha value is -1.14. The van der Waals surface area contributed by atoms with Gasteiger partial charge in [0.15, 0.2) is 0 Å². The minimum atomic E-state index is -0.708. The predicted molar refractivity (Wildman–Crippen MR) is 72.6 cm³/mol. The molecule has 0 aromatic heterocycles. The van der Waals surface area contributed by atoms with Gasteiger partial charge in [-0.1, -0.05) is 19.8 Å². The molecule has 0 spiro atoms. The van der Waals surface area contributed by atoms with E-state index in [1.807, 2.05) is 6.92 Å². The lowest BCUT2D eigenvalue weighted by atomic mass is 9.83. The maximum atomic E-state index is 11.7. The van der Waals surface area contributed by atoms with Crippen molar-refractivity contribution >= 4 is 12.0 Å². The topological polar surface area (TPSA) is 84.7 Å². The number of ether oxygens (including phenoxy) is 1. The Kier molecular flexibility index (Phi) is 6.80. The molecule has 2 atom stereocenters. The molecule has 0 bridgehead atoms. The van der Waals surface area contributed by atoms with Gasteiger partial charge in [-0.2, -0.15) is 0 Å². The lowest BCUT2D eigenvalue weighted by molar-refractivity contribution is -0.122. The molecule has 0 heterocycles. The molecule has 0 saturated heterocycles. The SMILES string of the molecule is CCN(CC(=O)NC(=O)OC)C1CCCCC1CN. The van der Waals surface area contributed by atoms with Crippen LogP contribution in [0.1, 0.15) is 32.6 Å². The number of nitrogens with two attached hydrogens (primary N) is 1. The van der Waals surface area contributed by atoms with Crippen LogP contribution in [0, 0.1) is 5.92 Å². The number of nitrogens with zero attached hydrogens (tertiary/aromatic N) is 1. The second-order valence-electron chi connectivity index (χ2n) is 4.95. The van der Waals surface area contributed by atoms with Crippen molar-refractivity contribution in [3.63, 3.8) is 0 Å². The molecule has 110 valence electrons. The van der Waals surface area contributed by atoms with Gasteiger partial charge in [-0.3, -0.25) is 15.0 Å². The van der Waals surface area contributed by atoms with Crippen molar-refractivity contribution in [1.29, 1.82) is 0 Å². The van der Waals surface area contributed by atoms with Gasteiger partial charge in [0.2, 0.25) is 5.91 Å². The van der Waals surface area contributed by atoms with Gasteiger partial charge >= 0.3 is 6.09 Å². The molecule has 2 unspecified atom stereocenters. The minimum Gasteiger partial charge on any atom is -0.453 e. The maximum Gasteiger partial charge on any atom is 0.413 e. The van der Waals surface area contributed by atoms with Crippen LogP contribution in [0.3, 0.4) is 0 Å². The van der Waals surface area contributed by atoms with Crippen LogP contribution in [0.25, 0.3) is 0 Å². The predicted octanol–water partition coefficient (Wildman–Crippen LogP) is 0.708. The van der Waals surface area contributed by atoms with E-state index in [9.17, 15) is 9.59 Å². The highest BCUT2D eigenvalue weighted by Crippen LogP contribution is 2.27. The fourth-order valence-electron chi connectivity index (χ4n) is 2.80. The Morgan fingerprint density at radius 2 is 2.05 bits per heavy atom. The number of nitrogens with one attached hydrogen (secondary N) is 1. The molecule has 2 amide bonds. The molecule has 1 rings (SSSR count). The standard InChI is InChI=1S/C13H25N3O3/c1-3-16(9-12(17)15-13(18)19-2)11-7-5-4-6-10(11)8-14/h10-11H,3-9,14H2,1-2H3,(H,15,17,18). The number of imide groups is 1. The molecule has 0 aromatic carbocycles. The quantitative estimate of drug-likeness (QED) is 0.769. The largest absolute Gasteiger partial charge is 0.453 e. The number of carbonyl (C=O) groups is 2. The molecule has 3 N–H and O–H groups in total. The van der Waals surface area contributed by atoms with E-state index in [0.29, 0.717) is 18.5 Å². The van der Waals surface area contributed by atoms with Crippen LogP contribution in [0.4, 0.5) is 4.79 Å². The van der Waals surface area contributed by atoms with E-state index in [0.717, 1.165) is 19.4 Å². The van der Waals surface area contributed by atoms with E-state index in [1.54, 1.807) is 0 Å². The fraction of sp³-hybridized carbons (Fsp3) is 0.846. The van der Waals surface area contributed by atoms with Crippen molar-refractivity contribution in [1.82, 2.24) is 10.2 Å². The van der Waals surface area contributed by atoms with Crippen molar-refractivity contribution in [2.75, 3.05) is 26.7 Å². The number of hydrogen-bond donors (Lipinski definition) is 2. The van der Waals surface area contributed by atoms with Crippen molar-refractivity contribution in [3.8, 4) is 0 Å². The van der Waals surface area contributed by atoms with Crippen molar-refractivity contribution in [2.45, 2.75) is 38.6 Å². The van der Waals surface area contributed by atoms with Crippen LogP contribution in [-0.2, 0) is 9.53 Å². The van der Waals surface area contributed by atoms with Gasteiger partial charge in [0.05, 0.1) is 13.7 Å². The van der Waals surface area contributed by atoms with Gasteiger partial charge in [0.25, 0.3) is 0 Å². The highest BCUT2D eigenvalue weighted by Gasteiger charge is 2.29. The van der Waals surface area contributed by atoms with Crippen molar-refractivity contribution in [2.24, 2.45) is 11.7 Å². The van der Waals surface area contributed by atoms with E-state index in [2.05, 4.69) is 15.0 Å². The number of alkyl carbamates (subject to hydrolysis) is 1. The molecule has 1 aliphatic rings. The molecule has 1 saturated carbocycles. The number of rotatable bonds is 5. The summed E-state index contributed by atoms with van der Waals surface area (Å²) in [7, 11) is 1.24. The fourth-order valence-corrected chi connectivity index (χ4v) is 2.80. The third kappa shape index (κ3) is 4.80.